The predicted molar refractivity (Wildman–Crippen MR) is 57.9 cm³/mol. The minimum atomic E-state index is -3.05. The largest absolute Gasteiger partial charge is 0.390 e. The van der Waals surface area contributed by atoms with Crippen LogP contribution in [0.4, 0.5) is 8.78 Å². The van der Waals surface area contributed by atoms with Gasteiger partial charge < -0.3 is 10.4 Å². The molecule has 0 amide bonds. The highest BCUT2D eigenvalue weighted by atomic mass is 79.9. The van der Waals surface area contributed by atoms with Gasteiger partial charge in [-0.3, -0.25) is 0 Å². The van der Waals surface area contributed by atoms with Crippen molar-refractivity contribution in [1.29, 1.82) is 0 Å². The van der Waals surface area contributed by atoms with Crippen molar-refractivity contribution in [1.82, 2.24) is 5.32 Å². The Kier molecular flexibility index (Phi) is 4.63. The molecule has 0 saturated carbocycles. The number of hydrogen-bond donors (Lipinski definition) is 2. The van der Waals surface area contributed by atoms with E-state index in [0.29, 0.717) is 6.54 Å². The predicted octanol–water partition coefficient (Wildman–Crippen LogP) is 2.17. The minimum Gasteiger partial charge on any atom is -0.390 e. The van der Waals surface area contributed by atoms with E-state index < -0.39 is 19.1 Å². The highest BCUT2D eigenvalue weighted by molar-refractivity contribution is 9.10. The third-order valence-electron chi connectivity index (χ3n) is 1.83. The lowest BCUT2D eigenvalue weighted by molar-refractivity contribution is -0.0477. The Morgan fingerprint density at radius 1 is 1.40 bits per heavy atom. The van der Waals surface area contributed by atoms with Crippen molar-refractivity contribution in [2.75, 3.05) is 13.2 Å². The maximum atomic E-state index is 12.6. The summed E-state index contributed by atoms with van der Waals surface area (Å²) in [7, 11) is 0. The van der Waals surface area contributed by atoms with Gasteiger partial charge >= 0.3 is 0 Å². The number of aliphatic hydroxyl groups is 1. The van der Waals surface area contributed by atoms with E-state index in [0.717, 1.165) is 10.0 Å². The summed E-state index contributed by atoms with van der Waals surface area (Å²) in [4.78, 5) is 0. The molecule has 0 radical (unpaired) electrons. The second kappa shape index (κ2) is 5.53. The fourth-order valence-electron chi connectivity index (χ4n) is 1.09. The van der Waals surface area contributed by atoms with E-state index in [1.807, 2.05) is 24.3 Å². The SMILES string of the molecule is OCC(F)(F)CNCc1cccc(Br)c1. The van der Waals surface area contributed by atoms with Gasteiger partial charge in [-0.2, -0.15) is 0 Å². The van der Waals surface area contributed by atoms with E-state index in [9.17, 15) is 8.78 Å². The molecule has 1 aromatic rings. The first kappa shape index (κ1) is 12.5. The fraction of sp³-hybridized carbons (Fsp3) is 0.400. The maximum absolute atomic E-state index is 12.6. The molecule has 0 spiro atoms. The van der Waals surface area contributed by atoms with Gasteiger partial charge in [0.25, 0.3) is 5.92 Å². The monoisotopic (exact) mass is 279 g/mol. The van der Waals surface area contributed by atoms with Crippen LogP contribution >= 0.6 is 15.9 Å². The van der Waals surface area contributed by atoms with Crippen molar-refractivity contribution in [3.8, 4) is 0 Å². The summed E-state index contributed by atoms with van der Waals surface area (Å²) < 4.78 is 26.1. The molecule has 0 unspecified atom stereocenters. The minimum absolute atomic E-state index is 0.356. The zero-order valence-corrected chi connectivity index (χ0v) is 9.60. The van der Waals surface area contributed by atoms with E-state index >= 15 is 0 Å². The number of nitrogens with one attached hydrogen (secondary N) is 1. The number of halogens is 3. The summed E-state index contributed by atoms with van der Waals surface area (Å²) in [5, 5.41) is 10.9. The fourth-order valence-corrected chi connectivity index (χ4v) is 1.54. The van der Waals surface area contributed by atoms with Gasteiger partial charge in [-0.05, 0) is 17.7 Å². The number of rotatable bonds is 5. The lowest BCUT2D eigenvalue weighted by Gasteiger charge is -2.13. The molecule has 0 fully saturated rings. The molecule has 1 rings (SSSR count). The van der Waals surface area contributed by atoms with Crippen molar-refractivity contribution in [2.45, 2.75) is 12.5 Å². The van der Waals surface area contributed by atoms with Gasteiger partial charge in [0.15, 0.2) is 0 Å². The van der Waals surface area contributed by atoms with E-state index in [1.54, 1.807) is 0 Å². The topological polar surface area (TPSA) is 32.3 Å². The normalized spacial score (nSPS) is 11.7. The van der Waals surface area contributed by atoms with Crippen LogP contribution in [0.2, 0.25) is 0 Å². The molecule has 15 heavy (non-hydrogen) atoms. The second-order valence-corrected chi connectivity index (χ2v) is 4.16. The van der Waals surface area contributed by atoms with Crippen molar-refractivity contribution in [3.63, 3.8) is 0 Å². The number of aliphatic hydroxyl groups excluding tert-OH is 1. The number of hydrogen-bond acceptors (Lipinski definition) is 2. The van der Waals surface area contributed by atoms with Gasteiger partial charge in [-0.15, -0.1) is 0 Å². The Hall–Kier alpha value is -0.520. The Morgan fingerprint density at radius 2 is 2.13 bits per heavy atom. The lowest BCUT2D eigenvalue weighted by atomic mass is 10.2. The van der Waals surface area contributed by atoms with Crippen LogP contribution < -0.4 is 5.32 Å². The van der Waals surface area contributed by atoms with Crippen LogP contribution in [0.3, 0.4) is 0 Å². The van der Waals surface area contributed by atoms with Crippen molar-refractivity contribution < 1.29 is 13.9 Å². The van der Waals surface area contributed by atoms with Crippen LogP contribution in [0, 0.1) is 0 Å². The number of benzene rings is 1. The maximum Gasteiger partial charge on any atom is 0.282 e. The lowest BCUT2D eigenvalue weighted by Crippen LogP contribution is -2.35. The molecule has 0 bridgehead atoms. The molecule has 2 N–H and O–H groups in total. The van der Waals surface area contributed by atoms with Crippen molar-refractivity contribution >= 4 is 15.9 Å². The first-order chi connectivity index (χ1) is 7.03. The molecular formula is C10H12BrF2NO. The van der Waals surface area contributed by atoms with Crippen LogP contribution in [0.25, 0.3) is 0 Å². The van der Waals surface area contributed by atoms with E-state index in [2.05, 4.69) is 21.2 Å². The van der Waals surface area contributed by atoms with Crippen LogP contribution in [-0.2, 0) is 6.54 Å². The first-order valence-electron chi connectivity index (χ1n) is 4.47. The third kappa shape index (κ3) is 4.68. The zero-order chi connectivity index (χ0) is 11.3. The van der Waals surface area contributed by atoms with Gasteiger partial charge in [0.2, 0.25) is 0 Å². The summed E-state index contributed by atoms with van der Waals surface area (Å²) in [5.74, 6) is -3.05. The summed E-state index contributed by atoms with van der Waals surface area (Å²) in [6, 6.07) is 7.40. The Balaban J connectivity index is 2.38. The van der Waals surface area contributed by atoms with Crippen LogP contribution in [0.5, 0.6) is 0 Å². The van der Waals surface area contributed by atoms with Crippen molar-refractivity contribution in [2.24, 2.45) is 0 Å². The van der Waals surface area contributed by atoms with E-state index in [1.165, 1.54) is 0 Å². The average Bonchev–Trinajstić information content (AvgIpc) is 2.18. The average molecular weight is 280 g/mol. The third-order valence-corrected chi connectivity index (χ3v) is 2.33. The molecule has 2 nitrogen and oxygen atoms in total. The standard InChI is InChI=1S/C10H12BrF2NO/c11-9-3-1-2-8(4-9)5-14-6-10(12,13)7-15/h1-4,14-15H,5-7H2. The van der Waals surface area contributed by atoms with Gasteiger partial charge in [0.05, 0.1) is 6.54 Å². The molecule has 0 heterocycles. The van der Waals surface area contributed by atoms with Crippen molar-refractivity contribution in [3.05, 3.63) is 34.3 Å². The van der Waals surface area contributed by atoms with E-state index in [-0.39, 0.29) is 0 Å². The zero-order valence-electron chi connectivity index (χ0n) is 8.01. The smallest absolute Gasteiger partial charge is 0.282 e. The van der Waals surface area contributed by atoms with E-state index in [4.69, 9.17) is 5.11 Å². The molecule has 1 aromatic carbocycles. The molecule has 0 aromatic heterocycles. The van der Waals surface area contributed by atoms with Crippen LogP contribution in [0.15, 0.2) is 28.7 Å². The Labute approximate surface area is 95.4 Å². The van der Waals surface area contributed by atoms with Gasteiger partial charge in [-0.25, -0.2) is 8.78 Å². The van der Waals surface area contributed by atoms with Gasteiger partial charge in [0.1, 0.15) is 6.61 Å². The van der Waals surface area contributed by atoms with Gasteiger partial charge in [-0.1, -0.05) is 28.1 Å². The highest BCUT2D eigenvalue weighted by Crippen LogP contribution is 2.13. The summed E-state index contributed by atoms with van der Waals surface area (Å²) in [6.45, 7) is -1.29. The Morgan fingerprint density at radius 3 is 2.73 bits per heavy atom. The molecule has 0 atom stereocenters. The molecule has 0 saturated heterocycles. The molecule has 5 heteroatoms. The molecule has 0 aliphatic rings. The van der Waals surface area contributed by atoms with Crippen LogP contribution in [-0.4, -0.2) is 24.2 Å². The van der Waals surface area contributed by atoms with Gasteiger partial charge in [0, 0.05) is 11.0 Å². The molecular weight excluding hydrogens is 268 g/mol. The van der Waals surface area contributed by atoms with Crippen LogP contribution in [0.1, 0.15) is 5.56 Å². The Bertz CT molecular complexity index is 320. The molecule has 0 aliphatic carbocycles. The second-order valence-electron chi connectivity index (χ2n) is 3.25. The quantitative estimate of drug-likeness (QED) is 0.866. The molecule has 84 valence electrons. The summed E-state index contributed by atoms with van der Waals surface area (Å²) >= 11 is 3.29. The first-order valence-corrected chi connectivity index (χ1v) is 5.27. The highest BCUT2D eigenvalue weighted by Gasteiger charge is 2.26. The summed E-state index contributed by atoms with van der Waals surface area (Å²) in [5.41, 5.74) is 0.915. The summed E-state index contributed by atoms with van der Waals surface area (Å²) in [6.07, 6.45) is 0. The molecule has 0 aliphatic heterocycles. The number of alkyl halides is 2.